The Morgan fingerprint density at radius 1 is 1.00 bits per heavy atom. The zero-order chi connectivity index (χ0) is 18.4. The maximum Gasteiger partial charge on any atom is 0.326 e. The predicted octanol–water partition coefficient (Wildman–Crippen LogP) is 3.87. The first kappa shape index (κ1) is 18.8. The zero-order valence-corrected chi connectivity index (χ0v) is 15.5. The third-order valence-corrected chi connectivity index (χ3v) is 4.19. The van der Waals surface area contributed by atoms with Gasteiger partial charge in [-0.1, -0.05) is 71.9 Å². The Morgan fingerprint density at radius 3 is 1.96 bits per heavy atom. The number of nitrogens with zero attached hydrogens (tertiary/aromatic N) is 1. The summed E-state index contributed by atoms with van der Waals surface area (Å²) in [5.74, 6) is -0.229. The van der Waals surface area contributed by atoms with Crippen LogP contribution in [-0.2, 0) is 9.53 Å². The van der Waals surface area contributed by atoms with Crippen LogP contribution in [0.3, 0.4) is 0 Å². The van der Waals surface area contributed by atoms with E-state index in [1.807, 2.05) is 62.4 Å². The van der Waals surface area contributed by atoms with E-state index < -0.39 is 5.97 Å². The van der Waals surface area contributed by atoms with Crippen molar-refractivity contribution in [3.8, 4) is 0 Å². The van der Waals surface area contributed by atoms with Crippen LogP contribution in [-0.4, -0.2) is 34.8 Å². The Labute approximate surface area is 153 Å². The highest BCUT2D eigenvalue weighted by molar-refractivity contribution is 7.80. The first-order chi connectivity index (χ1) is 11.9. The topological polar surface area (TPSA) is 53.4 Å². The van der Waals surface area contributed by atoms with Crippen LogP contribution < -0.4 is 0 Å². The molecular formula is C20H22N2O2S. The van der Waals surface area contributed by atoms with Crippen LogP contribution in [0.2, 0.25) is 0 Å². The molecule has 2 aromatic rings. The summed E-state index contributed by atoms with van der Waals surface area (Å²) in [7, 11) is 0. The average molecular weight is 354 g/mol. The van der Waals surface area contributed by atoms with Crippen LogP contribution in [0.15, 0.2) is 48.5 Å². The molecule has 0 aromatic heterocycles. The van der Waals surface area contributed by atoms with E-state index in [0.29, 0.717) is 17.2 Å². The number of hydrogen-bond donors (Lipinski definition) is 1. The number of amidine groups is 1. The lowest BCUT2D eigenvalue weighted by molar-refractivity contribution is -0.142. The van der Waals surface area contributed by atoms with Crippen LogP contribution in [0.1, 0.15) is 29.2 Å². The van der Waals surface area contributed by atoms with Crippen molar-refractivity contribution in [2.24, 2.45) is 0 Å². The monoisotopic (exact) mass is 354 g/mol. The number of aryl methyl sites for hydroxylation is 2. The van der Waals surface area contributed by atoms with Crippen molar-refractivity contribution in [3.63, 3.8) is 0 Å². The third-order valence-electron chi connectivity index (χ3n) is 3.73. The maximum absolute atomic E-state index is 12.0. The lowest BCUT2D eigenvalue weighted by Gasteiger charge is -2.25. The van der Waals surface area contributed by atoms with Crippen LogP contribution in [0.4, 0.5) is 0 Å². The zero-order valence-electron chi connectivity index (χ0n) is 14.7. The largest absolute Gasteiger partial charge is 0.465 e. The summed E-state index contributed by atoms with van der Waals surface area (Å²) >= 11 is 5.57. The van der Waals surface area contributed by atoms with Gasteiger partial charge in [-0.2, -0.15) is 0 Å². The summed E-state index contributed by atoms with van der Waals surface area (Å²) in [5.41, 5.74) is 3.72. The van der Waals surface area contributed by atoms with Crippen molar-refractivity contribution in [2.45, 2.75) is 20.8 Å². The smallest absolute Gasteiger partial charge is 0.326 e. The molecule has 4 nitrogen and oxygen atoms in total. The number of rotatable bonds is 5. The second kappa shape index (κ2) is 8.53. The Morgan fingerprint density at radius 2 is 1.48 bits per heavy atom. The van der Waals surface area contributed by atoms with Gasteiger partial charge >= 0.3 is 5.97 Å². The van der Waals surface area contributed by atoms with Crippen molar-refractivity contribution in [1.29, 1.82) is 5.41 Å². The van der Waals surface area contributed by atoms with Crippen molar-refractivity contribution in [1.82, 2.24) is 4.90 Å². The third kappa shape index (κ3) is 4.97. The van der Waals surface area contributed by atoms with Gasteiger partial charge in [0.1, 0.15) is 17.4 Å². The number of benzene rings is 2. The minimum absolute atomic E-state index is 0.0900. The van der Waals surface area contributed by atoms with Crippen LogP contribution >= 0.6 is 12.2 Å². The van der Waals surface area contributed by atoms with Crippen LogP contribution in [0.5, 0.6) is 0 Å². The van der Waals surface area contributed by atoms with Gasteiger partial charge in [0.15, 0.2) is 0 Å². The molecule has 0 bridgehead atoms. The highest BCUT2D eigenvalue weighted by Crippen LogP contribution is 2.13. The minimum Gasteiger partial charge on any atom is -0.465 e. The van der Waals surface area contributed by atoms with Gasteiger partial charge in [-0.15, -0.1) is 0 Å². The second-order valence-electron chi connectivity index (χ2n) is 5.78. The Balaban J connectivity index is 2.32. The van der Waals surface area contributed by atoms with Gasteiger partial charge in [-0.3, -0.25) is 10.2 Å². The van der Waals surface area contributed by atoms with E-state index in [1.54, 1.807) is 6.92 Å². The van der Waals surface area contributed by atoms with Crippen LogP contribution in [0.25, 0.3) is 0 Å². The Bertz CT molecular complexity index is 710. The van der Waals surface area contributed by atoms with Gasteiger partial charge < -0.3 is 9.64 Å². The molecule has 2 aromatic carbocycles. The van der Waals surface area contributed by atoms with E-state index in [2.05, 4.69) is 0 Å². The number of carbonyl (C=O) groups excluding carboxylic acids is 1. The molecule has 0 atom stereocenters. The summed E-state index contributed by atoms with van der Waals surface area (Å²) in [5, 5.41) is 8.54. The van der Waals surface area contributed by atoms with Gasteiger partial charge in [0.05, 0.1) is 6.61 Å². The normalized spacial score (nSPS) is 10.2. The first-order valence-electron chi connectivity index (χ1n) is 8.12. The van der Waals surface area contributed by atoms with E-state index >= 15 is 0 Å². The number of ether oxygens (including phenoxy) is 1. The van der Waals surface area contributed by atoms with E-state index in [1.165, 1.54) is 4.90 Å². The standard InChI is InChI=1S/C20H22N2O2S/c1-4-24-18(23)13-22(19(21)16-9-5-14(2)6-10-16)20(25)17-11-7-15(3)8-12-17/h5-12,21H,4,13H2,1-3H3. The summed E-state index contributed by atoms with van der Waals surface area (Å²) < 4.78 is 5.05. The molecule has 0 unspecified atom stereocenters. The molecule has 25 heavy (non-hydrogen) atoms. The highest BCUT2D eigenvalue weighted by atomic mass is 32.1. The van der Waals surface area contributed by atoms with Crippen LogP contribution in [0, 0.1) is 19.3 Å². The molecular weight excluding hydrogens is 332 g/mol. The minimum atomic E-state index is -0.408. The number of nitrogens with one attached hydrogen (secondary N) is 1. The lowest BCUT2D eigenvalue weighted by Crippen LogP contribution is -2.40. The van der Waals surface area contributed by atoms with Gasteiger partial charge in [0.2, 0.25) is 0 Å². The second-order valence-corrected chi connectivity index (χ2v) is 6.16. The van der Waals surface area contributed by atoms with Crippen molar-refractivity contribution < 1.29 is 9.53 Å². The summed E-state index contributed by atoms with van der Waals surface area (Å²) in [6, 6.07) is 15.3. The number of carbonyl (C=O) groups is 1. The molecule has 0 aliphatic carbocycles. The van der Waals surface area contributed by atoms with Crippen molar-refractivity contribution in [3.05, 3.63) is 70.8 Å². The molecule has 0 heterocycles. The quantitative estimate of drug-likeness (QED) is 0.383. The maximum atomic E-state index is 12.0. The summed E-state index contributed by atoms with van der Waals surface area (Å²) in [6.45, 7) is 5.94. The molecule has 0 radical (unpaired) electrons. The molecule has 0 saturated carbocycles. The fourth-order valence-corrected chi connectivity index (χ4v) is 2.60. The Kier molecular flexibility index (Phi) is 6.42. The lowest BCUT2D eigenvalue weighted by atomic mass is 10.1. The predicted molar refractivity (Wildman–Crippen MR) is 104 cm³/mol. The average Bonchev–Trinajstić information content (AvgIpc) is 2.60. The molecule has 130 valence electrons. The summed E-state index contributed by atoms with van der Waals surface area (Å²) in [4.78, 5) is 14.0. The molecule has 0 saturated heterocycles. The van der Waals surface area contributed by atoms with E-state index in [9.17, 15) is 4.79 Å². The molecule has 1 N–H and O–H groups in total. The molecule has 0 aliphatic heterocycles. The fourth-order valence-electron chi connectivity index (χ4n) is 2.31. The van der Waals surface area contributed by atoms with Gasteiger partial charge in [0.25, 0.3) is 0 Å². The van der Waals surface area contributed by atoms with Gasteiger partial charge in [-0.25, -0.2) is 0 Å². The first-order valence-corrected chi connectivity index (χ1v) is 8.53. The molecule has 5 heteroatoms. The molecule has 0 aliphatic rings. The van der Waals surface area contributed by atoms with Crippen molar-refractivity contribution in [2.75, 3.05) is 13.2 Å². The Hall–Kier alpha value is -2.53. The number of esters is 1. The molecule has 0 fully saturated rings. The molecule has 0 spiro atoms. The van der Waals surface area contributed by atoms with Gasteiger partial charge in [-0.05, 0) is 20.8 Å². The van der Waals surface area contributed by atoms with E-state index in [4.69, 9.17) is 22.4 Å². The number of thiocarbonyl (C=S) groups is 1. The SMILES string of the molecule is CCOC(=O)CN(C(=N)c1ccc(C)cc1)C(=S)c1ccc(C)cc1. The van der Waals surface area contributed by atoms with Crippen molar-refractivity contribution >= 4 is 29.0 Å². The van der Waals surface area contributed by atoms with E-state index in [-0.39, 0.29) is 12.4 Å². The fraction of sp³-hybridized carbons (Fsp3) is 0.250. The number of hydrogen-bond acceptors (Lipinski definition) is 4. The molecule has 0 amide bonds. The van der Waals surface area contributed by atoms with Gasteiger partial charge in [0, 0.05) is 11.1 Å². The molecule has 2 rings (SSSR count). The highest BCUT2D eigenvalue weighted by Gasteiger charge is 2.21. The van der Waals surface area contributed by atoms with E-state index in [0.717, 1.165) is 16.7 Å². The summed E-state index contributed by atoms with van der Waals surface area (Å²) in [6.07, 6.45) is 0.